The van der Waals surface area contributed by atoms with Crippen molar-refractivity contribution in [3.63, 3.8) is 0 Å². The molecule has 1 aliphatic rings. The van der Waals surface area contributed by atoms with Gasteiger partial charge in [0.2, 0.25) is 5.91 Å². The average Bonchev–Trinajstić information content (AvgIpc) is 3.30. The number of pyridine rings is 1. The maximum atomic E-state index is 13.3. The molecule has 0 aliphatic carbocycles. The number of amides is 1. The van der Waals surface area contributed by atoms with E-state index in [1.807, 2.05) is 24.3 Å². The van der Waals surface area contributed by atoms with Gasteiger partial charge in [-0.05, 0) is 49.6 Å². The Balaban J connectivity index is 1.47. The second-order valence-corrected chi connectivity index (χ2v) is 9.37. The molecule has 1 fully saturated rings. The predicted octanol–water partition coefficient (Wildman–Crippen LogP) is 3.04. The highest BCUT2D eigenvalue weighted by molar-refractivity contribution is 6.30. The molecular formula is C26H32ClN5O3. The minimum absolute atomic E-state index is 0.0469. The summed E-state index contributed by atoms with van der Waals surface area (Å²) in [6, 6.07) is 9.65. The highest BCUT2D eigenvalue weighted by atomic mass is 35.5. The third-order valence-electron chi connectivity index (χ3n) is 6.48. The van der Waals surface area contributed by atoms with Crippen LogP contribution in [-0.4, -0.2) is 65.0 Å². The molecule has 9 heteroatoms. The molecule has 0 bridgehead atoms. The highest BCUT2D eigenvalue weighted by Crippen LogP contribution is 2.20. The fourth-order valence-corrected chi connectivity index (χ4v) is 4.77. The van der Waals surface area contributed by atoms with Gasteiger partial charge in [0, 0.05) is 68.5 Å². The molecule has 3 aromatic rings. The lowest BCUT2D eigenvalue weighted by molar-refractivity contribution is -0.121. The monoisotopic (exact) mass is 497 g/mol. The van der Waals surface area contributed by atoms with Gasteiger partial charge >= 0.3 is 0 Å². The molecule has 35 heavy (non-hydrogen) atoms. The summed E-state index contributed by atoms with van der Waals surface area (Å²) in [6.07, 6.45) is 7.21. The lowest BCUT2D eigenvalue weighted by atomic mass is 10.1. The van der Waals surface area contributed by atoms with Crippen molar-refractivity contribution in [2.75, 3.05) is 33.4 Å². The number of methoxy groups -OCH3 is 1. The molecule has 1 aromatic carbocycles. The first kappa shape index (κ1) is 25.3. The largest absolute Gasteiger partial charge is 0.385 e. The van der Waals surface area contributed by atoms with Crippen LogP contribution in [0.25, 0.3) is 10.8 Å². The molecule has 1 N–H and O–H groups in total. The number of nitrogens with zero attached hydrogens (tertiary/aromatic N) is 4. The molecule has 0 saturated carbocycles. The number of halogens is 1. The Morgan fingerprint density at radius 1 is 1.23 bits per heavy atom. The Morgan fingerprint density at radius 2 is 2.06 bits per heavy atom. The summed E-state index contributed by atoms with van der Waals surface area (Å²) >= 11 is 6.04. The van der Waals surface area contributed by atoms with E-state index in [1.54, 1.807) is 30.3 Å². The molecule has 0 spiro atoms. The fourth-order valence-electron chi connectivity index (χ4n) is 4.65. The Morgan fingerprint density at radius 3 is 2.86 bits per heavy atom. The van der Waals surface area contributed by atoms with E-state index in [0.717, 1.165) is 49.0 Å². The van der Waals surface area contributed by atoms with Crippen LogP contribution < -0.4 is 10.9 Å². The van der Waals surface area contributed by atoms with Gasteiger partial charge < -0.3 is 10.1 Å². The summed E-state index contributed by atoms with van der Waals surface area (Å²) in [4.78, 5) is 31.8. The van der Waals surface area contributed by atoms with Crippen molar-refractivity contribution in [1.82, 2.24) is 25.0 Å². The number of aromatic nitrogens is 3. The Kier molecular flexibility index (Phi) is 8.84. The van der Waals surface area contributed by atoms with Gasteiger partial charge in [-0.1, -0.05) is 23.7 Å². The minimum atomic E-state index is -0.0967. The van der Waals surface area contributed by atoms with Gasteiger partial charge in [-0.3, -0.25) is 19.5 Å². The van der Waals surface area contributed by atoms with Crippen LogP contribution in [0.3, 0.4) is 0 Å². The fraction of sp³-hybridized carbons (Fsp3) is 0.462. The van der Waals surface area contributed by atoms with E-state index in [9.17, 15) is 9.59 Å². The number of likely N-dealkylation sites (tertiary alicyclic amines) is 1. The zero-order valence-corrected chi connectivity index (χ0v) is 20.8. The van der Waals surface area contributed by atoms with E-state index in [4.69, 9.17) is 21.4 Å². The van der Waals surface area contributed by atoms with Crippen LogP contribution in [0.5, 0.6) is 0 Å². The van der Waals surface area contributed by atoms with Crippen LogP contribution in [-0.2, 0) is 22.5 Å². The van der Waals surface area contributed by atoms with Gasteiger partial charge in [-0.25, -0.2) is 4.68 Å². The summed E-state index contributed by atoms with van der Waals surface area (Å²) < 4.78 is 6.61. The lowest BCUT2D eigenvalue weighted by Crippen LogP contribution is -2.41. The quantitative estimate of drug-likeness (QED) is 0.409. The molecule has 1 atom stereocenters. The molecule has 2 aromatic heterocycles. The van der Waals surface area contributed by atoms with Crippen LogP contribution in [0.15, 0.2) is 47.5 Å². The first-order valence-electron chi connectivity index (χ1n) is 12.1. The second kappa shape index (κ2) is 12.2. The number of fused-ring (bicyclic) bond motifs is 1. The van der Waals surface area contributed by atoms with Crippen LogP contribution in [0.4, 0.5) is 0 Å². The van der Waals surface area contributed by atoms with Gasteiger partial charge in [-0.2, -0.15) is 5.10 Å². The van der Waals surface area contributed by atoms with Crippen LogP contribution in [0.2, 0.25) is 5.02 Å². The smallest absolute Gasteiger partial charge is 0.274 e. The molecule has 1 saturated heterocycles. The van der Waals surface area contributed by atoms with E-state index in [2.05, 4.69) is 15.2 Å². The zero-order valence-electron chi connectivity index (χ0n) is 20.1. The van der Waals surface area contributed by atoms with Gasteiger partial charge in [0.15, 0.2) is 0 Å². The molecule has 3 heterocycles. The third-order valence-corrected chi connectivity index (χ3v) is 6.73. The molecule has 8 nitrogen and oxygen atoms in total. The topological polar surface area (TPSA) is 89.3 Å². The SMILES string of the molecule is COCCCC(=O)NCCN1CCC[C@@H]1Cn1nc(Cc2ccc(Cl)cc2)c2cnccc2c1=O. The number of hydrogen-bond donors (Lipinski definition) is 1. The van der Waals surface area contributed by atoms with Crippen molar-refractivity contribution >= 4 is 28.3 Å². The molecule has 0 radical (unpaired) electrons. The van der Waals surface area contributed by atoms with E-state index < -0.39 is 0 Å². The van der Waals surface area contributed by atoms with Crippen molar-refractivity contribution in [2.45, 2.75) is 44.7 Å². The number of benzene rings is 1. The molecular weight excluding hydrogens is 466 g/mol. The normalized spacial score (nSPS) is 16.1. The van der Waals surface area contributed by atoms with E-state index >= 15 is 0 Å². The van der Waals surface area contributed by atoms with E-state index in [-0.39, 0.29) is 17.5 Å². The van der Waals surface area contributed by atoms with E-state index in [0.29, 0.717) is 42.9 Å². The molecule has 1 amide bonds. The van der Waals surface area contributed by atoms with Gasteiger partial charge in [0.25, 0.3) is 5.56 Å². The molecule has 186 valence electrons. The maximum absolute atomic E-state index is 13.3. The predicted molar refractivity (Wildman–Crippen MR) is 137 cm³/mol. The third kappa shape index (κ3) is 6.66. The Hall–Kier alpha value is -2.81. The number of carbonyl (C=O) groups is 1. The average molecular weight is 498 g/mol. The van der Waals surface area contributed by atoms with Crippen LogP contribution in [0, 0.1) is 0 Å². The van der Waals surface area contributed by atoms with Crippen LogP contribution in [0.1, 0.15) is 36.9 Å². The summed E-state index contributed by atoms with van der Waals surface area (Å²) in [5.74, 6) is 0.0469. The number of nitrogens with one attached hydrogen (secondary N) is 1. The van der Waals surface area contributed by atoms with E-state index in [1.165, 1.54) is 0 Å². The standard InChI is InChI=1S/C26H32ClN5O3/c1-35-15-3-5-25(33)29-12-14-31-13-2-4-21(31)18-32-26(34)22-10-11-28-17-23(22)24(30-32)16-19-6-8-20(27)9-7-19/h6-11,17,21H,2-5,12-16,18H2,1H3,(H,29,33)/t21-/m1/s1. The van der Waals surface area contributed by atoms with Crippen LogP contribution >= 0.6 is 11.6 Å². The number of ether oxygens (including phenoxy) is 1. The minimum Gasteiger partial charge on any atom is -0.385 e. The van der Waals surface area contributed by atoms with Crippen molar-refractivity contribution in [1.29, 1.82) is 0 Å². The second-order valence-electron chi connectivity index (χ2n) is 8.94. The summed E-state index contributed by atoms with van der Waals surface area (Å²) in [7, 11) is 1.64. The highest BCUT2D eigenvalue weighted by Gasteiger charge is 2.26. The summed E-state index contributed by atoms with van der Waals surface area (Å²) in [5.41, 5.74) is 1.80. The van der Waals surface area contributed by atoms with Gasteiger partial charge in [0.1, 0.15) is 0 Å². The zero-order chi connectivity index (χ0) is 24.6. The summed E-state index contributed by atoms with van der Waals surface area (Å²) in [5, 5.41) is 9.88. The van der Waals surface area contributed by atoms with Crippen molar-refractivity contribution in [2.24, 2.45) is 0 Å². The van der Waals surface area contributed by atoms with Crippen molar-refractivity contribution < 1.29 is 9.53 Å². The van der Waals surface area contributed by atoms with Crippen molar-refractivity contribution in [3.8, 4) is 0 Å². The van der Waals surface area contributed by atoms with Gasteiger partial charge in [-0.15, -0.1) is 0 Å². The van der Waals surface area contributed by atoms with Gasteiger partial charge in [0.05, 0.1) is 17.6 Å². The number of carbonyl (C=O) groups excluding carboxylic acids is 1. The maximum Gasteiger partial charge on any atom is 0.274 e. The first-order valence-corrected chi connectivity index (χ1v) is 12.5. The molecule has 0 unspecified atom stereocenters. The lowest BCUT2D eigenvalue weighted by Gasteiger charge is -2.25. The van der Waals surface area contributed by atoms with Crippen molar-refractivity contribution in [3.05, 3.63) is 69.4 Å². The first-order chi connectivity index (χ1) is 17.0. The molecule has 1 aliphatic heterocycles. The Bertz CT molecular complexity index is 1200. The number of rotatable bonds is 11. The Labute approximate surface area is 210 Å². The molecule has 4 rings (SSSR count). The summed E-state index contributed by atoms with van der Waals surface area (Å²) in [6.45, 7) is 3.41. The number of hydrogen-bond acceptors (Lipinski definition) is 6.